The monoisotopic (exact) mass is 504 g/mol. The van der Waals surface area contributed by atoms with Crippen LogP contribution in [0.5, 0.6) is 0 Å². The van der Waals surface area contributed by atoms with Gasteiger partial charge in [0.1, 0.15) is 0 Å². The highest BCUT2D eigenvalue weighted by Crippen LogP contribution is 2.27. The zero-order chi connectivity index (χ0) is 27.3. The number of aliphatic hydroxyl groups is 1. The minimum Gasteiger partial charge on any atom is -0.390 e. The number of carbonyl (C=O) groups is 2. The van der Waals surface area contributed by atoms with Crippen LogP contribution in [0, 0.1) is 24.2 Å². The summed E-state index contributed by atoms with van der Waals surface area (Å²) in [6.07, 6.45) is 1.98. The topological polar surface area (TPSA) is 123 Å². The zero-order valence-corrected chi connectivity index (χ0v) is 22.4. The Balaban J connectivity index is 1.93. The predicted octanol–water partition coefficient (Wildman–Crippen LogP) is 5.42. The van der Waals surface area contributed by atoms with Gasteiger partial charge in [0.25, 0.3) is 0 Å². The zero-order valence-electron chi connectivity index (χ0n) is 22.4. The van der Waals surface area contributed by atoms with E-state index in [1.807, 2.05) is 43.5 Å². The SMILES string of the molecule is CCC(CC)C(=O)N(C)c1ccc2c(c1)nc(NC(=O)Nc1ccc(C)c(C#N)c1)n2CCC(C)(C)O. The van der Waals surface area contributed by atoms with Crippen LogP contribution in [0.15, 0.2) is 36.4 Å². The molecule has 3 amide bonds. The summed E-state index contributed by atoms with van der Waals surface area (Å²) in [7, 11) is 1.76. The molecule has 0 radical (unpaired) electrons. The number of aromatic nitrogens is 2. The number of hydrogen-bond donors (Lipinski definition) is 3. The maximum absolute atomic E-state index is 12.9. The van der Waals surface area contributed by atoms with E-state index in [1.54, 1.807) is 44.0 Å². The van der Waals surface area contributed by atoms with Crippen LogP contribution in [0.3, 0.4) is 0 Å². The van der Waals surface area contributed by atoms with Crippen molar-refractivity contribution in [3.63, 3.8) is 0 Å². The fourth-order valence-electron chi connectivity index (χ4n) is 4.16. The third-order valence-corrected chi connectivity index (χ3v) is 6.57. The number of fused-ring (bicyclic) bond motifs is 1. The second-order valence-corrected chi connectivity index (χ2v) is 9.95. The van der Waals surface area contributed by atoms with E-state index in [2.05, 4.69) is 21.7 Å². The quantitative estimate of drug-likeness (QED) is 0.359. The third kappa shape index (κ3) is 6.66. The number of urea groups is 1. The minimum atomic E-state index is -0.909. The molecule has 3 aromatic rings. The maximum atomic E-state index is 12.9. The number of imidazole rings is 1. The van der Waals surface area contributed by atoms with Gasteiger partial charge in [0, 0.05) is 30.9 Å². The summed E-state index contributed by atoms with van der Waals surface area (Å²) in [5, 5.41) is 25.1. The second-order valence-electron chi connectivity index (χ2n) is 9.95. The minimum absolute atomic E-state index is 0.0470. The molecule has 1 aromatic heterocycles. The van der Waals surface area contributed by atoms with Gasteiger partial charge < -0.3 is 19.9 Å². The summed E-state index contributed by atoms with van der Waals surface area (Å²) in [6, 6.07) is 12.3. The Hall–Kier alpha value is -3.90. The van der Waals surface area contributed by atoms with E-state index in [0.717, 1.165) is 29.6 Å². The summed E-state index contributed by atoms with van der Waals surface area (Å²) in [5.41, 5.74) is 3.00. The molecule has 0 spiro atoms. The van der Waals surface area contributed by atoms with E-state index in [9.17, 15) is 20.0 Å². The van der Waals surface area contributed by atoms with Crippen LogP contribution in [-0.4, -0.2) is 39.2 Å². The lowest BCUT2D eigenvalue weighted by Crippen LogP contribution is -2.32. The molecule has 0 aliphatic rings. The number of aryl methyl sites for hydroxylation is 2. The van der Waals surface area contributed by atoms with Crippen molar-refractivity contribution in [2.75, 3.05) is 22.6 Å². The maximum Gasteiger partial charge on any atom is 0.326 e. The van der Waals surface area contributed by atoms with Crippen molar-refractivity contribution in [2.45, 2.75) is 66.0 Å². The first-order chi connectivity index (χ1) is 17.5. The Bertz CT molecular complexity index is 1330. The molecular weight excluding hydrogens is 468 g/mol. The third-order valence-electron chi connectivity index (χ3n) is 6.57. The molecule has 0 atom stereocenters. The fourth-order valence-corrected chi connectivity index (χ4v) is 4.16. The molecule has 1 heterocycles. The summed E-state index contributed by atoms with van der Waals surface area (Å²) >= 11 is 0. The van der Waals surface area contributed by atoms with E-state index in [-0.39, 0.29) is 11.8 Å². The van der Waals surface area contributed by atoms with Crippen molar-refractivity contribution in [3.05, 3.63) is 47.5 Å². The van der Waals surface area contributed by atoms with Gasteiger partial charge >= 0.3 is 6.03 Å². The lowest BCUT2D eigenvalue weighted by atomic mass is 10.0. The van der Waals surface area contributed by atoms with Gasteiger partial charge in [-0.15, -0.1) is 0 Å². The Morgan fingerprint density at radius 1 is 1.16 bits per heavy atom. The molecule has 0 saturated heterocycles. The summed E-state index contributed by atoms with van der Waals surface area (Å²) in [5.74, 6) is 0.322. The van der Waals surface area contributed by atoms with Crippen molar-refractivity contribution in [2.24, 2.45) is 5.92 Å². The summed E-state index contributed by atoms with van der Waals surface area (Å²) in [6.45, 7) is 9.72. The molecule has 0 unspecified atom stereocenters. The predicted molar refractivity (Wildman–Crippen MR) is 147 cm³/mol. The molecule has 3 N–H and O–H groups in total. The number of hydrogen-bond acceptors (Lipinski definition) is 5. The molecule has 0 saturated carbocycles. The number of rotatable bonds is 9. The van der Waals surface area contributed by atoms with Crippen LogP contribution in [0.25, 0.3) is 11.0 Å². The number of benzene rings is 2. The van der Waals surface area contributed by atoms with Crippen molar-refractivity contribution >= 4 is 40.3 Å². The van der Waals surface area contributed by atoms with Gasteiger partial charge in [0.05, 0.1) is 28.3 Å². The molecule has 0 aliphatic carbocycles. The smallest absolute Gasteiger partial charge is 0.326 e. The van der Waals surface area contributed by atoms with Gasteiger partial charge in [-0.3, -0.25) is 10.1 Å². The Labute approximate surface area is 218 Å². The molecule has 0 aliphatic heterocycles. The van der Waals surface area contributed by atoms with E-state index >= 15 is 0 Å². The van der Waals surface area contributed by atoms with Gasteiger partial charge in [-0.25, -0.2) is 9.78 Å². The standard InChI is InChI=1S/C28H36N6O3/c1-7-19(8-2)25(35)33(6)22-11-12-24-23(16-22)31-26(34(24)14-13-28(4,5)37)32-27(36)30-21-10-9-18(3)20(15-21)17-29/h9-12,15-16,19,37H,7-8,13-14H2,1-6H3,(H2,30,31,32,36). The molecule has 3 rings (SSSR count). The van der Waals surface area contributed by atoms with Gasteiger partial charge in [0.2, 0.25) is 11.9 Å². The molecule has 0 bridgehead atoms. The summed E-state index contributed by atoms with van der Waals surface area (Å²) < 4.78 is 1.84. The number of nitrogens with one attached hydrogen (secondary N) is 2. The Morgan fingerprint density at radius 3 is 2.49 bits per heavy atom. The largest absolute Gasteiger partial charge is 0.390 e. The average Bonchev–Trinajstić information content (AvgIpc) is 3.19. The molecule has 9 nitrogen and oxygen atoms in total. The van der Waals surface area contributed by atoms with Crippen LogP contribution in [0.2, 0.25) is 0 Å². The Morgan fingerprint density at radius 2 is 1.86 bits per heavy atom. The number of anilines is 3. The van der Waals surface area contributed by atoms with Crippen molar-refractivity contribution < 1.29 is 14.7 Å². The van der Waals surface area contributed by atoms with Gasteiger partial charge in [-0.2, -0.15) is 5.26 Å². The van der Waals surface area contributed by atoms with E-state index in [4.69, 9.17) is 0 Å². The van der Waals surface area contributed by atoms with Gasteiger partial charge in [-0.05, 0) is 75.9 Å². The molecule has 9 heteroatoms. The second kappa shape index (κ2) is 11.4. The van der Waals surface area contributed by atoms with Crippen molar-refractivity contribution in [3.8, 4) is 6.07 Å². The summed E-state index contributed by atoms with van der Waals surface area (Å²) in [4.78, 5) is 32.0. The van der Waals surface area contributed by atoms with Gasteiger partial charge in [0.15, 0.2) is 0 Å². The molecule has 37 heavy (non-hydrogen) atoms. The lowest BCUT2D eigenvalue weighted by Gasteiger charge is -2.22. The molecule has 2 aromatic carbocycles. The van der Waals surface area contributed by atoms with Crippen LogP contribution < -0.4 is 15.5 Å². The van der Waals surface area contributed by atoms with E-state index in [1.165, 1.54) is 0 Å². The van der Waals surface area contributed by atoms with E-state index in [0.29, 0.717) is 35.7 Å². The first-order valence-electron chi connectivity index (χ1n) is 12.6. The average molecular weight is 505 g/mol. The highest BCUT2D eigenvalue weighted by atomic mass is 16.3. The number of nitrogens with zero attached hydrogens (tertiary/aromatic N) is 4. The molecule has 196 valence electrons. The highest BCUT2D eigenvalue weighted by molar-refractivity contribution is 6.00. The lowest BCUT2D eigenvalue weighted by molar-refractivity contribution is -0.122. The number of nitriles is 1. The molecular formula is C28H36N6O3. The normalized spacial score (nSPS) is 11.4. The first-order valence-corrected chi connectivity index (χ1v) is 12.6. The fraction of sp³-hybridized carbons (Fsp3) is 0.429. The molecule has 0 fully saturated rings. The Kier molecular flexibility index (Phi) is 8.56. The number of carbonyl (C=O) groups excluding carboxylic acids is 2. The van der Waals surface area contributed by atoms with Crippen molar-refractivity contribution in [1.82, 2.24) is 9.55 Å². The van der Waals surface area contributed by atoms with Crippen molar-refractivity contribution in [1.29, 1.82) is 5.26 Å². The highest BCUT2D eigenvalue weighted by Gasteiger charge is 2.22. The number of amides is 3. The van der Waals surface area contributed by atoms with E-state index < -0.39 is 11.6 Å². The first kappa shape index (κ1) is 27.7. The van der Waals surface area contributed by atoms with Crippen LogP contribution in [-0.2, 0) is 11.3 Å². The van der Waals surface area contributed by atoms with Gasteiger partial charge in [-0.1, -0.05) is 19.9 Å². The van der Waals surface area contributed by atoms with Crippen LogP contribution >= 0.6 is 0 Å². The van der Waals surface area contributed by atoms with Crippen LogP contribution in [0.1, 0.15) is 58.1 Å². The van der Waals surface area contributed by atoms with Crippen LogP contribution in [0.4, 0.5) is 22.1 Å².